The molecule has 5 bridgehead atoms. The van der Waals surface area contributed by atoms with Crippen molar-refractivity contribution in [2.75, 3.05) is 6.54 Å². The van der Waals surface area contributed by atoms with Crippen LogP contribution in [0.25, 0.3) is 16.8 Å². The Kier molecular flexibility index (Phi) is 8.55. The minimum Gasteiger partial charge on any atom is -0.457 e. The van der Waals surface area contributed by atoms with Crippen molar-refractivity contribution >= 4 is 40.5 Å². The molecule has 4 atom stereocenters. The fourth-order valence-corrected chi connectivity index (χ4v) is 4.61. The summed E-state index contributed by atoms with van der Waals surface area (Å²) in [6.07, 6.45) is 11.2. The maximum Gasteiger partial charge on any atom is 0.325 e. The lowest BCUT2D eigenvalue weighted by atomic mass is 9.90. The van der Waals surface area contributed by atoms with Gasteiger partial charge in [0.05, 0.1) is 11.1 Å². The molecule has 4 rings (SSSR count). The van der Waals surface area contributed by atoms with Crippen LogP contribution in [0.4, 0.5) is 0 Å². The number of rotatable bonds is 1. The molecule has 0 aliphatic carbocycles. The van der Waals surface area contributed by atoms with Crippen molar-refractivity contribution in [3.8, 4) is 12.3 Å². The van der Waals surface area contributed by atoms with E-state index < -0.39 is 53.3 Å². The average Bonchev–Trinajstić information content (AvgIpc) is 2.94. The van der Waals surface area contributed by atoms with E-state index in [0.29, 0.717) is 25.1 Å². The van der Waals surface area contributed by atoms with E-state index in [1.807, 2.05) is 24.3 Å². The highest BCUT2D eigenvalue weighted by molar-refractivity contribution is 5.94. The van der Waals surface area contributed by atoms with Crippen LogP contribution < -0.4 is 16.1 Å². The number of nitrogens with one attached hydrogen (secondary N) is 3. The number of nitrogens with zero attached hydrogens (tertiary/aromatic N) is 2. The van der Waals surface area contributed by atoms with E-state index in [9.17, 15) is 19.2 Å². The third-order valence-corrected chi connectivity index (χ3v) is 7.19. The molecule has 1 aromatic carbocycles. The summed E-state index contributed by atoms with van der Waals surface area (Å²) in [7, 11) is 0. The molecule has 1 fully saturated rings. The largest absolute Gasteiger partial charge is 0.457 e. The summed E-state index contributed by atoms with van der Waals surface area (Å²) in [6.45, 7) is 7.15. The highest BCUT2D eigenvalue weighted by atomic mass is 16.5. The first-order chi connectivity index (χ1) is 19.0. The van der Waals surface area contributed by atoms with Crippen molar-refractivity contribution in [2.45, 2.75) is 71.2 Å². The summed E-state index contributed by atoms with van der Waals surface area (Å²) >= 11 is 0. The summed E-state index contributed by atoms with van der Waals surface area (Å²) in [5.41, 5.74) is 3.41. The van der Waals surface area contributed by atoms with Crippen LogP contribution in [0.1, 0.15) is 64.3 Å². The van der Waals surface area contributed by atoms with Crippen molar-refractivity contribution in [3.05, 3.63) is 47.8 Å². The normalized spacial score (nSPS) is 26.8. The van der Waals surface area contributed by atoms with Crippen LogP contribution in [-0.2, 0) is 23.9 Å². The average molecular weight is 546 g/mol. The molecule has 0 unspecified atom stereocenters. The Morgan fingerprint density at radius 2 is 1.90 bits per heavy atom. The van der Waals surface area contributed by atoms with Gasteiger partial charge in [-0.3, -0.25) is 29.2 Å². The number of carbonyl (C=O) groups excluding carboxylic acids is 4. The number of fused-ring (bicyclic) bond motifs is 4. The number of hydrogen-bond acceptors (Lipinski definition) is 7. The van der Waals surface area contributed by atoms with E-state index in [0.717, 1.165) is 16.3 Å². The number of ether oxygens (including phenoxy) is 1. The Morgan fingerprint density at radius 1 is 1.12 bits per heavy atom. The molecule has 0 radical (unpaired) electrons. The molecule has 0 saturated carbocycles. The van der Waals surface area contributed by atoms with Crippen LogP contribution in [0, 0.1) is 17.8 Å². The number of aromatic nitrogens is 1. The highest BCUT2D eigenvalue weighted by Crippen LogP contribution is 2.25. The molecule has 2 aliphatic rings. The number of carbonyl (C=O) groups is 4. The second-order valence-corrected chi connectivity index (χ2v) is 10.8. The molecule has 3 heterocycles. The molecule has 3 amide bonds. The zero-order valence-corrected chi connectivity index (χ0v) is 23.2. The molecule has 2 aromatic rings. The van der Waals surface area contributed by atoms with Crippen molar-refractivity contribution < 1.29 is 23.9 Å². The fourth-order valence-electron chi connectivity index (χ4n) is 4.61. The second-order valence-electron chi connectivity index (χ2n) is 10.8. The van der Waals surface area contributed by atoms with Gasteiger partial charge in [0.2, 0.25) is 11.8 Å². The monoisotopic (exact) mass is 545 g/mol. The Morgan fingerprint density at radius 3 is 2.65 bits per heavy atom. The van der Waals surface area contributed by atoms with Gasteiger partial charge in [0.15, 0.2) is 0 Å². The fraction of sp³-hybridized carbons (Fsp3) is 0.433. The summed E-state index contributed by atoms with van der Waals surface area (Å²) in [5.74, 6) is 0.546. The van der Waals surface area contributed by atoms with Gasteiger partial charge in [-0.1, -0.05) is 18.2 Å². The van der Waals surface area contributed by atoms with Gasteiger partial charge in [-0.2, -0.15) is 0 Å². The first-order valence-electron chi connectivity index (χ1n) is 13.4. The van der Waals surface area contributed by atoms with Crippen LogP contribution in [0.5, 0.6) is 0 Å². The second kappa shape index (κ2) is 11.9. The zero-order chi connectivity index (χ0) is 29.0. The van der Waals surface area contributed by atoms with E-state index in [-0.39, 0.29) is 6.42 Å². The van der Waals surface area contributed by atoms with Gasteiger partial charge < -0.3 is 15.4 Å². The molecule has 0 spiro atoms. The van der Waals surface area contributed by atoms with Gasteiger partial charge in [0.25, 0.3) is 5.91 Å². The SMILES string of the molecule is C#CC[C@@H]1NC(=O)C(C)(C)/C=C/c2cc3cc(ccc3cn2)[C@@H](C)OC(=O)[C@@H]2CCCN(N2)C(=O)[C@H](C)NC1=O. The van der Waals surface area contributed by atoms with Crippen molar-refractivity contribution in [1.82, 2.24) is 26.1 Å². The molecule has 1 saturated heterocycles. The number of esters is 1. The molecular formula is C30H35N5O5. The third-order valence-electron chi connectivity index (χ3n) is 7.19. The summed E-state index contributed by atoms with van der Waals surface area (Å²) in [4.78, 5) is 56.9. The minimum absolute atomic E-state index is 0.0547. The Bertz CT molecular complexity index is 1390. The van der Waals surface area contributed by atoms with E-state index in [1.54, 1.807) is 46.0 Å². The van der Waals surface area contributed by atoms with Crippen LogP contribution in [-0.4, -0.2) is 58.4 Å². The first-order valence-corrected chi connectivity index (χ1v) is 13.4. The lowest BCUT2D eigenvalue weighted by Crippen LogP contribution is -2.60. The molecule has 10 nitrogen and oxygen atoms in total. The zero-order valence-electron chi connectivity index (χ0n) is 23.2. The van der Waals surface area contributed by atoms with E-state index in [1.165, 1.54) is 5.01 Å². The van der Waals surface area contributed by atoms with Gasteiger partial charge in [-0.25, -0.2) is 5.43 Å². The van der Waals surface area contributed by atoms with E-state index >= 15 is 0 Å². The van der Waals surface area contributed by atoms with Gasteiger partial charge in [-0.05, 0) is 69.7 Å². The molecule has 3 N–H and O–H groups in total. The molecule has 2 aliphatic heterocycles. The molecular weight excluding hydrogens is 510 g/mol. The predicted molar refractivity (Wildman–Crippen MR) is 150 cm³/mol. The molecule has 40 heavy (non-hydrogen) atoms. The van der Waals surface area contributed by atoms with Crippen molar-refractivity contribution in [3.63, 3.8) is 0 Å². The lowest BCUT2D eigenvalue weighted by Gasteiger charge is -2.35. The Hall–Kier alpha value is -4.23. The molecule has 1 aromatic heterocycles. The van der Waals surface area contributed by atoms with E-state index in [2.05, 4.69) is 27.0 Å². The standard InChI is InChI=1S/C30H35N5O5/c1-6-8-24-26(36)32-18(2)27(37)35-14-7-9-25(34-35)28(38)40-19(3)20-10-11-21-17-31-23(16-22(21)15-20)12-13-30(4,5)29(39)33-24/h1,10-13,15-19,24-25,34H,7-9,14H2,2-5H3,(H,32,36)(H,33,39)/b13-12+/t18-,19+,24-,25-/m0/s1. The smallest absolute Gasteiger partial charge is 0.325 e. The van der Waals surface area contributed by atoms with Crippen LogP contribution in [0.15, 0.2) is 36.5 Å². The summed E-state index contributed by atoms with van der Waals surface area (Å²) in [6, 6.07) is 4.96. The van der Waals surface area contributed by atoms with Gasteiger partial charge in [0.1, 0.15) is 24.2 Å². The van der Waals surface area contributed by atoms with E-state index in [4.69, 9.17) is 11.2 Å². The number of hydrogen-bond donors (Lipinski definition) is 3. The minimum atomic E-state index is -1.04. The third kappa shape index (κ3) is 6.49. The number of pyridine rings is 1. The molecule has 10 heteroatoms. The lowest BCUT2D eigenvalue weighted by molar-refractivity contribution is -0.157. The van der Waals surface area contributed by atoms with Crippen LogP contribution in [0.3, 0.4) is 0 Å². The van der Waals surface area contributed by atoms with Crippen LogP contribution in [0.2, 0.25) is 0 Å². The van der Waals surface area contributed by atoms with Gasteiger partial charge >= 0.3 is 5.97 Å². The Labute approximate surface area is 233 Å². The van der Waals surface area contributed by atoms with Crippen molar-refractivity contribution in [2.24, 2.45) is 5.41 Å². The Balaban J connectivity index is 1.70. The van der Waals surface area contributed by atoms with Gasteiger partial charge in [-0.15, -0.1) is 12.3 Å². The quantitative estimate of drug-likeness (QED) is 0.371. The number of terminal acetylenes is 1. The van der Waals surface area contributed by atoms with Crippen LogP contribution >= 0.6 is 0 Å². The number of benzene rings is 1. The number of hydrazine groups is 1. The van der Waals surface area contributed by atoms with Gasteiger partial charge in [0, 0.05) is 24.5 Å². The maximum atomic E-state index is 13.2. The predicted octanol–water partition coefficient (Wildman–Crippen LogP) is 2.40. The van der Waals surface area contributed by atoms with Crippen molar-refractivity contribution in [1.29, 1.82) is 0 Å². The summed E-state index contributed by atoms with van der Waals surface area (Å²) in [5, 5.41) is 8.52. The topological polar surface area (TPSA) is 130 Å². The summed E-state index contributed by atoms with van der Waals surface area (Å²) < 4.78 is 5.78. The molecule has 210 valence electrons. The maximum absolute atomic E-state index is 13.2. The number of cyclic esters (lactones) is 1. The highest BCUT2D eigenvalue weighted by Gasteiger charge is 2.34. The first kappa shape index (κ1) is 28.8. The number of amides is 3.